The van der Waals surface area contributed by atoms with Gasteiger partial charge in [-0.15, -0.1) is 0 Å². The maximum atomic E-state index is 9.22. The van der Waals surface area contributed by atoms with Gasteiger partial charge in [0.1, 0.15) is 5.82 Å². The van der Waals surface area contributed by atoms with Crippen LogP contribution in [0.4, 0.5) is 17.5 Å². The van der Waals surface area contributed by atoms with Crippen LogP contribution in [0.15, 0.2) is 36.7 Å². The molecule has 0 aliphatic carbocycles. The third kappa shape index (κ3) is 4.10. The highest BCUT2D eigenvalue weighted by atomic mass is 15.3. The summed E-state index contributed by atoms with van der Waals surface area (Å²) in [6.45, 7) is 5.14. The van der Waals surface area contributed by atoms with Crippen LogP contribution in [0.3, 0.4) is 0 Å². The molecule has 2 aromatic heterocycles. The summed E-state index contributed by atoms with van der Waals surface area (Å²) in [6.07, 6.45) is 4.68. The number of rotatable bonds is 7. The van der Waals surface area contributed by atoms with Crippen molar-refractivity contribution in [3.8, 4) is 6.07 Å². The molecule has 136 valence electrons. The predicted molar refractivity (Wildman–Crippen MR) is 104 cm³/mol. The molecule has 0 radical (unpaired) electrons. The quantitative estimate of drug-likeness (QED) is 0.557. The molecule has 0 aliphatic rings. The average Bonchev–Trinajstić information content (AvgIpc) is 3.06. The largest absolute Gasteiger partial charge is 0.365 e. The van der Waals surface area contributed by atoms with Gasteiger partial charge in [0, 0.05) is 31.7 Å². The summed E-state index contributed by atoms with van der Waals surface area (Å²) < 4.78 is 1.83. The summed E-state index contributed by atoms with van der Waals surface area (Å²) in [5.41, 5.74) is 3.73. The van der Waals surface area contributed by atoms with Gasteiger partial charge in [0.25, 0.3) is 0 Å². The van der Waals surface area contributed by atoms with Crippen LogP contribution in [0.25, 0.3) is 0 Å². The number of benzene rings is 1. The minimum Gasteiger partial charge on any atom is -0.365 e. The van der Waals surface area contributed by atoms with E-state index in [1.54, 1.807) is 12.3 Å². The molecular formula is C19H20N8. The van der Waals surface area contributed by atoms with E-state index in [0.717, 1.165) is 23.5 Å². The van der Waals surface area contributed by atoms with Crippen molar-refractivity contribution in [3.05, 3.63) is 59.0 Å². The van der Waals surface area contributed by atoms with Gasteiger partial charge in [-0.1, -0.05) is 18.2 Å². The van der Waals surface area contributed by atoms with E-state index in [0.29, 0.717) is 29.4 Å². The molecule has 0 spiro atoms. The Hall–Kier alpha value is -3.73. The van der Waals surface area contributed by atoms with Gasteiger partial charge < -0.3 is 16.0 Å². The van der Waals surface area contributed by atoms with Gasteiger partial charge in [0.15, 0.2) is 0 Å². The topological polar surface area (TPSA) is 115 Å². The second kappa shape index (κ2) is 8.10. The fourth-order valence-corrected chi connectivity index (χ4v) is 2.58. The van der Waals surface area contributed by atoms with Gasteiger partial charge in [-0.3, -0.25) is 4.68 Å². The number of nitrogens with zero attached hydrogens (tertiary/aromatic N) is 5. The number of nitriles is 1. The van der Waals surface area contributed by atoms with Crippen molar-refractivity contribution >= 4 is 23.7 Å². The van der Waals surface area contributed by atoms with E-state index < -0.39 is 0 Å². The minimum absolute atomic E-state index is 0.412. The molecule has 27 heavy (non-hydrogen) atoms. The summed E-state index contributed by atoms with van der Waals surface area (Å²) in [5.74, 6) is 0.936. The first-order chi connectivity index (χ1) is 13.1. The molecule has 0 fully saturated rings. The first-order valence-corrected chi connectivity index (χ1v) is 8.55. The van der Waals surface area contributed by atoms with Crippen molar-refractivity contribution in [2.75, 3.05) is 10.6 Å². The highest BCUT2D eigenvalue weighted by Gasteiger charge is 2.10. The van der Waals surface area contributed by atoms with Crippen molar-refractivity contribution in [2.45, 2.75) is 26.9 Å². The molecule has 0 unspecified atom stereocenters. The standard InChI is InChI=1S/C19H20N8/c1-3-27-12-17(13(2)26-27)24-19-23-11-16(9-21)18(25-19)22-10-15-7-5-4-6-14(15)8-20/h4-7,9,11-12,21H,3,10H2,1-2H3,(H2,22,23,24,25). The molecule has 8 nitrogen and oxygen atoms in total. The lowest BCUT2D eigenvalue weighted by atomic mass is 10.1. The monoisotopic (exact) mass is 360 g/mol. The van der Waals surface area contributed by atoms with Crippen molar-refractivity contribution in [1.29, 1.82) is 10.7 Å². The molecule has 0 saturated heterocycles. The summed E-state index contributed by atoms with van der Waals surface area (Å²) in [4.78, 5) is 8.75. The number of hydrogen-bond acceptors (Lipinski definition) is 7. The molecule has 0 amide bonds. The highest BCUT2D eigenvalue weighted by Crippen LogP contribution is 2.20. The van der Waals surface area contributed by atoms with Crippen LogP contribution in [0.2, 0.25) is 0 Å². The van der Waals surface area contributed by atoms with Gasteiger partial charge in [-0.05, 0) is 25.5 Å². The minimum atomic E-state index is 0.412. The Bertz CT molecular complexity index is 999. The number of anilines is 3. The van der Waals surface area contributed by atoms with E-state index >= 15 is 0 Å². The third-order valence-corrected chi connectivity index (χ3v) is 4.07. The molecule has 2 heterocycles. The van der Waals surface area contributed by atoms with Crippen molar-refractivity contribution in [2.24, 2.45) is 0 Å². The maximum absolute atomic E-state index is 9.22. The van der Waals surface area contributed by atoms with Crippen LogP contribution < -0.4 is 10.6 Å². The van der Waals surface area contributed by atoms with Gasteiger partial charge in [0.05, 0.1) is 28.6 Å². The molecule has 3 rings (SSSR count). The molecule has 0 saturated carbocycles. The van der Waals surface area contributed by atoms with Crippen molar-refractivity contribution < 1.29 is 0 Å². The summed E-state index contributed by atoms with van der Waals surface area (Å²) in [5, 5.41) is 27.5. The number of aromatic nitrogens is 4. The molecule has 3 aromatic rings. The number of aryl methyl sites for hydroxylation is 2. The summed E-state index contributed by atoms with van der Waals surface area (Å²) in [6, 6.07) is 9.56. The second-order valence-corrected chi connectivity index (χ2v) is 5.87. The summed E-state index contributed by atoms with van der Waals surface area (Å²) in [7, 11) is 0. The normalized spacial score (nSPS) is 10.3. The molecule has 0 bridgehead atoms. The Morgan fingerprint density at radius 2 is 2.15 bits per heavy atom. The first kappa shape index (κ1) is 18.1. The molecule has 1 aromatic carbocycles. The Balaban J connectivity index is 1.82. The zero-order valence-corrected chi connectivity index (χ0v) is 15.2. The van der Waals surface area contributed by atoms with Crippen molar-refractivity contribution in [3.63, 3.8) is 0 Å². The van der Waals surface area contributed by atoms with E-state index in [1.807, 2.05) is 42.9 Å². The highest BCUT2D eigenvalue weighted by molar-refractivity contribution is 5.84. The Morgan fingerprint density at radius 3 is 2.85 bits per heavy atom. The predicted octanol–water partition coefficient (Wildman–Crippen LogP) is 3.23. The van der Waals surface area contributed by atoms with Gasteiger partial charge >= 0.3 is 0 Å². The summed E-state index contributed by atoms with van der Waals surface area (Å²) >= 11 is 0. The molecular weight excluding hydrogens is 340 g/mol. The van der Waals surface area contributed by atoms with Crippen LogP contribution in [-0.2, 0) is 13.1 Å². The Kier molecular flexibility index (Phi) is 5.42. The lowest BCUT2D eigenvalue weighted by molar-refractivity contribution is 0.653. The Labute approximate surface area is 157 Å². The smallest absolute Gasteiger partial charge is 0.229 e. The van der Waals surface area contributed by atoms with E-state index in [-0.39, 0.29) is 0 Å². The van der Waals surface area contributed by atoms with E-state index in [4.69, 9.17) is 5.41 Å². The van der Waals surface area contributed by atoms with Gasteiger partial charge in [-0.2, -0.15) is 15.3 Å². The van der Waals surface area contributed by atoms with Crippen LogP contribution in [0, 0.1) is 23.7 Å². The van der Waals surface area contributed by atoms with Gasteiger partial charge in [0.2, 0.25) is 5.95 Å². The Morgan fingerprint density at radius 1 is 1.33 bits per heavy atom. The van der Waals surface area contributed by atoms with E-state index in [2.05, 4.69) is 31.8 Å². The van der Waals surface area contributed by atoms with Crippen molar-refractivity contribution in [1.82, 2.24) is 19.7 Å². The third-order valence-electron chi connectivity index (χ3n) is 4.07. The molecule has 8 heteroatoms. The van der Waals surface area contributed by atoms with Crippen LogP contribution in [-0.4, -0.2) is 26.0 Å². The zero-order valence-electron chi connectivity index (χ0n) is 15.2. The van der Waals surface area contributed by atoms with Crippen LogP contribution in [0.5, 0.6) is 0 Å². The van der Waals surface area contributed by atoms with E-state index in [1.165, 1.54) is 6.21 Å². The maximum Gasteiger partial charge on any atom is 0.229 e. The van der Waals surface area contributed by atoms with Crippen LogP contribution >= 0.6 is 0 Å². The lowest BCUT2D eigenvalue weighted by Gasteiger charge is -2.11. The number of hydrogen-bond donors (Lipinski definition) is 3. The van der Waals surface area contributed by atoms with E-state index in [9.17, 15) is 5.26 Å². The molecule has 0 atom stereocenters. The van der Waals surface area contributed by atoms with Gasteiger partial charge in [-0.25, -0.2) is 4.98 Å². The van der Waals surface area contributed by atoms with Crippen LogP contribution in [0.1, 0.15) is 29.3 Å². The zero-order chi connectivity index (χ0) is 19.2. The fourth-order valence-electron chi connectivity index (χ4n) is 2.58. The second-order valence-electron chi connectivity index (χ2n) is 5.87. The average molecular weight is 360 g/mol. The molecule has 0 aliphatic heterocycles. The number of nitrogens with one attached hydrogen (secondary N) is 3. The SMILES string of the molecule is CCn1cc(Nc2ncc(C=N)c(NCc3ccccc3C#N)n2)c(C)n1. The first-order valence-electron chi connectivity index (χ1n) is 8.55. The fraction of sp³-hybridized carbons (Fsp3) is 0.211. The molecule has 3 N–H and O–H groups in total. The lowest BCUT2D eigenvalue weighted by Crippen LogP contribution is -2.08.